The second-order valence-corrected chi connectivity index (χ2v) is 8.71. The predicted octanol–water partition coefficient (Wildman–Crippen LogP) is 1.97. The molecule has 0 spiro atoms. The summed E-state index contributed by atoms with van der Waals surface area (Å²) < 4.78 is 37.7. The smallest absolute Gasteiger partial charge is 0.324 e. The normalized spacial score (nSPS) is 12.3. The summed E-state index contributed by atoms with van der Waals surface area (Å²) in [5.41, 5.74) is 0.804. The summed E-state index contributed by atoms with van der Waals surface area (Å²) in [6, 6.07) is 4.65. The second kappa shape index (κ2) is 11.0. The van der Waals surface area contributed by atoms with Gasteiger partial charge in [0.25, 0.3) is 5.91 Å². The van der Waals surface area contributed by atoms with Crippen LogP contribution in [0.3, 0.4) is 0 Å². The minimum atomic E-state index is -3.96. The van der Waals surface area contributed by atoms with Crippen LogP contribution in [0.2, 0.25) is 0 Å². The fourth-order valence-electron chi connectivity index (χ4n) is 2.46. The van der Waals surface area contributed by atoms with Crippen molar-refractivity contribution in [2.75, 3.05) is 26.8 Å². The van der Waals surface area contributed by atoms with Crippen molar-refractivity contribution < 1.29 is 27.5 Å². The number of ether oxygens (including phenoxy) is 2. The van der Waals surface area contributed by atoms with Gasteiger partial charge in [-0.15, -0.1) is 0 Å². The first-order chi connectivity index (χ1) is 13.5. The van der Waals surface area contributed by atoms with E-state index in [0.717, 1.165) is 5.57 Å². The van der Waals surface area contributed by atoms with Gasteiger partial charge in [-0.2, -0.15) is 4.72 Å². The van der Waals surface area contributed by atoms with Gasteiger partial charge in [-0.25, -0.2) is 8.42 Å². The number of likely N-dealkylation sites (N-methyl/N-ethyl adjacent to an activating group) is 1. The topological polar surface area (TPSA) is 102 Å². The summed E-state index contributed by atoms with van der Waals surface area (Å²) in [6.07, 6.45) is 0. The molecule has 0 aliphatic heterocycles. The molecule has 0 heterocycles. The fourth-order valence-corrected chi connectivity index (χ4v) is 3.80. The van der Waals surface area contributed by atoms with E-state index < -0.39 is 28.6 Å². The summed E-state index contributed by atoms with van der Waals surface area (Å²) in [5.74, 6) is -1.05. The number of methoxy groups -OCH3 is 1. The van der Waals surface area contributed by atoms with Gasteiger partial charge >= 0.3 is 5.97 Å². The lowest BCUT2D eigenvalue weighted by molar-refractivity contribution is -0.154. The molecule has 0 saturated heterocycles. The van der Waals surface area contributed by atoms with E-state index in [2.05, 4.69) is 11.3 Å². The molecule has 1 amide bonds. The fraction of sp³-hybridized carbons (Fsp3) is 0.500. The van der Waals surface area contributed by atoms with Gasteiger partial charge in [0.05, 0.1) is 12.0 Å². The Morgan fingerprint density at radius 2 is 1.79 bits per heavy atom. The van der Waals surface area contributed by atoms with E-state index in [1.54, 1.807) is 20.8 Å². The van der Waals surface area contributed by atoms with Crippen LogP contribution in [0.5, 0.6) is 5.75 Å². The van der Waals surface area contributed by atoms with Crippen molar-refractivity contribution in [2.45, 2.75) is 38.6 Å². The number of hydrogen-bond donors (Lipinski definition) is 1. The number of amides is 1. The maximum Gasteiger partial charge on any atom is 0.324 e. The number of esters is 1. The zero-order valence-corrected chi connectivity index (χ0v) is 18.4. The molecular weight excluding hydrogens is 396 g/mol. The summed E-state index contributed by atoms with van der Waals surface area (Å²) in [4.78, 5) is 26.2. The van der Waals surface area contributed by atoms with E-state index in [-0.39, 0.29) is 16.7 Å². The van der Waals surface area contributed by atoms with E-state index in [1.807, 2.05) is 6.92 Å². The first kappa shape index (κ1) is 24.6. The highest BCUT2D eigenvalue weighted by Gasteiger charge is 2.30. The molecule has 0 aromatic heterocycles. The van der Waals surface area contributed by atoms with E-state index in [0.29, 0.717) is 18.8 Å². The molecule has 1 aromatic rings. The lowest BCUT2D eigenvalue weighted by atomic mass is 10.1. The van der Waals surface area contributed by atoms with E-state index >= 15 is 0 Å². The Morgan fingerprint density at radius 3 is 2.24 bits per heavy atom. The highest BCUT2D eigenvalue weighted by Crippen LogP contribution is 2.17. The largest absolute Gasteiger partial charge is 0.497 e. The molecule has 1 aromatic carbocycles. The van der Waals surface area contributed by atoms with Gasteiger partial charge in [0, 0.05) is 13.1 Å². The van der Waals surface area contributed by atoms with Gasteiger partial charge in [-0.3, -0.25) is 9.59 Å². The number of nitrogens with one attached hydrogen (secondary N) is 1. The van der Waals surface area contributed by atoms with Crippen LogP contribution in [0.25, 0.3) is 0 Å². The third kappa shape index (κ3) is 7.51. The molecule has 0 aliphatic carbocycles. The Hall–Kier alpha value is -2.39. The van der Waals surface area contributed by atoms with Crippen LogP contribution in [-0.4, -0.2) is 58.0 Å². The molecule has 29 heavy (non-hydrogen) atoms. The third-order valence-electron chi connectivity index (χ3n) is 4.11. The number of nitrogens with zero attached hydrogens (tertiary/aromatic N) is 1. The van der Waals surface area contributed by atoms with Crippen LogP contribution in [0.15, 0.2) is 41.3 Å². The highest BCUT2D eigenvalue weighted by molar-refractivity contribution is 7.89. The minimum absolute atomic E-state index is 0.00792. The lowest BCUT2D eigenvalue weighted by Gasteiger charge is -2.23. The van der Waals surface area contributed by atoms with Crippen molar-refractivity contribution >= 4 is 21.9 Å². The molecule has 0 bridgehead atoms. The number of rotatable bonds is 11. The number of hydrogen-bond acceptors (Lipinski definition) is 6. The maximum atomic E-state index is 12.6. The second-order valence-electron chi connectivity index (χ2n) is 6.99. The minimum Gasteiger partial charge on any atom is -0.497 e. The average molecular weight is 427 g/mol. The lowest BCUT2D eigenvalue weighted by Crippen LogP contribution is -2.46. The summed E-state index contributed by atoms with van der Waals surface area (Å²) in [7, 11) is -2.49. The SMILES string of the molecule is C=C(C)CN(CC)C(=O)COC(=O)C(NS(=O)(=O)c1ccc(OC)cc1)C(C)C. The summed E-state index contributed by atoms with van der Waals surface area (Å²) >= 11 is 0. The van der Waals surface area contributed by atoms with Gasteiger partial charge in [-0.05, 0) is 44.0 Å². The first-order valence-corrected chi connectivity index (χ1v) is 10.7. The number of sulfonamides is 1. The Kier molecular flexibility index (Phi) is 9.32. The number of carbonyl (C=O) groups excluding carboxylic acids is 2. The molecule has 1 N–H and O–H groups in total. The van der Waals surface area contributed by atoms with E-state index in [4.69, 9.17) is 9.47 Å². The molecule has 0 aliphatic rings. The van der Waals surface area contributed by atoms with Gasteiger partial charge in [0.1, 0.15) is 11.8 Å². The zero-order valence-electron chi connectivity index (χ0n) is 17.6. The molecule has 1 atom stereocenters. The van der Waals surface area contributed by atoms with Gasteiger partial charge in [0.2, 0.25) is 10.0 Å². The average Bonchev–Trinajstić information content (AvgIpc) is 2.67. The van der Waals surface area contributed by atoms with Crippen LogP contribution in [-0.2, 0) is 24.3 Å². The zero-order chi connectivity index (χ0) is 22.2. The molecule has 8 nitrogen and oxygen atoms in total. The van der Waals surface area contributed by atoms with Crippen molar-refractivity contribution in [3.8, 4) is 5.75 Å². The molecule has 1 rings (SSSR count). The monoisotopic (exact) mass is 426 g/mol. The van der Waals surface area contributed by atoms with Gasteiger partial charge < -0.3 is 14.4 Å². The standard InChI is InChI=1S/C20H30N2O6S/c1-7-22(12-14(2)3)18(23)13-28-20(24)19(15(4)5)21-29(25,26)17-10-8-16(27-6)9-11-17/h8-11,15,19,21H,2,7,12-13H2,1,3-6H3. The first-order valence-electron chi connectivity index (χ1n) is 9.27. The quantitative estimate of drug-likeness (QED) is 0.429. The highest BCUT2D eigenvalue weighted by atomic mass is 32.2. The Morgan fingerprint density at radius 1 is 1.21 bits per heavy atom. The maximum absolute atomic E-state index is 12.6. The molecular formula is C20H30N2O6S. The third-order valence-corrected chi connectivity index (χ3v) is 5.56. The van der Waals surface area contributed by atoms with Crippen LogP contribution >= 0.6 is 0 Å². The summed E-state index contributed by atoms with van der Waals surface area (Å²) in [6.45, 7) is 11.1. The van der Waals surface area contributed by atoms with Crippen LogP contribution in [0.1, 0.15) is 27.7 Å². The predicted molar refractivity (Wildman–Crippen MR) is 110 cm³/mol. The van der Waals surface area contributed by atoms with Gasteiger partial charge in [0.15, 0.2) is 6.61 Å². The van der Waals surface area contributed by atoms with Crippen molar-refractivity contribution in [1.29, 1.82) is 0 Å². The molecule has 0 fully saturated rings. The Bertz CT molecular complexity index is 818. The molecule has 1 unspecified atom stereocenters. The van der Waals surface area contributed by atoms with Crippen molar-refractivity contribution in [1.82, 2.24) is 9.62 Å². The van der Waals surface area contributed by atoms with Crippen LogP contribution in [0, 0.1) is 5.92 Å². The summed E-state index contributed by atoms with van der Waals surface area (Å²) in [5, 5.41) is 0. The van der Waals surface area contributed by atoms with Crippen LogP contribution < -0.4 is 9.46 Å². The number of carbonyl (C=O) groups is 2. The molecule has 0 saturated carbocycles. The van der Waals surface area contributed by atoms with Crippen molar-refractivity contribution in [3.05, 3.63) is 36.4 Å². The van der Waals surface area contributed by atoms with Crippen molar-refractivity contribution in [3.63, 3.8) is 0 Å². The molecule has 9 heteroatoms. The van der Waals surface area contributed by atoms with E-state index in [1.165, 1.54) is 36.3 Å². The van der Waals surface area contributed by atoms with Crippen molar-refractivity contribution in [2.24, 2.45) is 5.92 Å². The van der Waals surface area contributed by atoms with Crippen LogP contribution in [0.4, 0.5) is 0 Å². The Balaban J connectivity index is 2.84. The molecule has 0 radical (unpaired) electrons. The Labute approximate surface area is 172 Å². The van der Waals surface area contributed by atoms with E-state index in [9.17, 15) is 18.0 Å². The van der Waals surface area contributed by atoms with Gasteiger partial charge in [-0.1, -0.05) is 26.0 Å². The number of benzene rings is 1. The molecule has 162 valence electrons.